The lowest BCUT2D eigenvalue weighted by molar-refractivity contribution is -0.385. The van der Waals surface area contributed by atoms with Crippen LogP contribution in [-0.4, -0.2) is 25.4 Å². The van der Waals surface area contributed by atoms with Gasteiger partial charge in [-0.05, 0) is 17.7 Å². The van der Waals surface area contributed by atoms with Crippen molar-refractivity contribution in [3.05, 3.63) is 76.2 Å². The molecule has 9 nitrogen and oxygen atoms in total. The zero-order valence-corrected chi connectivity index (χ0v) is 13.3. The van der Waals surface area contributed by atoms with E-state index in [1.54, 1.807) is 24.5 Å². The summed E-state index contributed by atoms with van der Waals surface area (Å²) in [4.78, 5) is 29.3. The molecule has 3 N–H and O–H groups in total. The minimum Gasteiger partial charge on any atom is -0.365 e. The predicted molar refractivity (Wildman–Crippen MR) is 90.3 cm³/mol. The van der Waals surface area contributed by atoms with Gasteiger partial charge in [0.25, 0.3) is 11.6 Å². The number of benzene rings is 1. The molecule has 10 heteroatoms. The van der Waals surface area contributed by atoms with Crippen LogP contribution in [0.1, 0.15) is 15.9 Å². The van der Waals surface area contributed by atoms with Crippen molar-refractivity contribution < 1.29 is 14.1 Å². The van der Waals surface area contributed by atoms with Gasteiger partial charge in [0.15, 0.2) is 0 Å². The first-order valence-corrected chi connectivity index (χ1v) is 7.40. The van der Waals surface area contributed by atoms with Gasteiger partial charge in [-0.1, -0.05) is 6.07 Å². The van der Waals surface area contributed by atoms with Crippen LogP contribution in [0.5, 0.6) is 0 Å². The normalized spacial score (nSPS) is 10.5. The van der Waals surface area contributed by atoms with E-state index in [-0.39, 0.29) is 23.6 Å². The first-order chi connectivity index (χ1) is 12.5. The van der Waals surface area contributed by atoms with E-state index >= 15 is 0 Å². The van der Waals surface area contributed by atoms with Crippen LogP contribution in [0.4, 0.5) is 15.9 Å². The fourth-order valence-corrected chi connectivity index (χ4v) is 2.34. The van der Waals surface area contributed by atoms with Gasteiger partial charge in [-0.25, -0.2) is 14.4 Å². The average molecular weight is 356 g/mol. The molecule has 26 heavy (non-hydrogen) atoms. The third kappa shape index (κ3) is 3.48. The minimum atomic E-state index is -0.856. The lowest BCUT2D eigenvalue weighted by Gasteiger charge is -2.10. The highest BCUT2D eigenvalue weighted by atomic mass is 19.1. The largest absolute Gasteiger partial charge is 0.365 e. The summed E-state index contributed by atoms with van der Waals surface area (Å²) in [6.07, 6.45) is 5.66. The van der Waals surface area contributed by atoms with Crippen molar-refractivity contribution in [2.24, 2.45) is 5.73 Å². The minimum absolute atomic E-state index is 0.0854. The summed E-state index contributed by atoms with van der Waals surface area (Å²) in [6, 6.07) is 5.66. The van der Waals surface area contributed by atoms with Crippen molar-refractivity contribution in [3.8, 4) is 5.69 Å². The lowest BCUT2D eigenvalue weighted by Crippen LogP contribution is -2.16. The van der Waals surface area contributed by atoms with E-state index in [1.807, 2.05) is 0 Å². The highest BCUT2D eigenvalue weighted by Gasteiger charge is 2.16. The third-order valence-electron chi connectivity index (χ3n) is 3.60. The molecule has 0 fully saturated rings. The Hall–Kier alpha value is -3.82. The number of aromatic nitrogens is 3. The Morgan fingerprint density at radius 3 is 2.81 bits per heavy atom. The molecule has 2 heterocycles. The molecule has 1 amide bonds. The molecule has 0 aliphatic heterocycles. The Balaban J connectivity index is 1.80. The van der Waals surface area contributed by atoms with Crippen LogP contribution in [0.25, 0.3) is 5.69 Å². The van der Waals surface area contributed by atoms with E-state index in [0.717, 1.165) is 12.3 Å². The van der Waals surface area contributed by atoms with Crippen LogP contribution in [0, 0.1) is 15.9 Å². The number of carbonyl (C=O) groups is 1. The van der Waals surface area contributed by atoms with Crippen molar-refractivity contribution in [3.63, 3.8) is 0 Å². The number of nitrogens with one attached hydrogen (secondary N) is 1. The van der Waals surface area contributed by atoms with Crippen LogP contribution in [0.2, 0.25) is 0 Å². The number of primary amides is 1. The molecule has 3 aromatic rings. The van der Waals surface area contributed by atoms with Crippen LogP contribution in [-0.2, 0) is 6.54 Å². The molecule has 0 aliphatic rings. The summed E-state index contributed by atoms with van der Waals surface area (Å²) in [7, 11) is 0. The number of carbonyl (C=O) groups excluding carboxylic acids is 1. The highest BCUT2D eigenvalue weighted by molar-refractivity contribution is 5.98. The second kappa shape index (κ2) is 6.97. The second-order valence-electron chi connectivity index (χ2n) is 5.32. The fourth-order valence-electron chi connectivity index (χ4n) is 2.34. The Labute approximate surface area is 146 Å². The van der Waals surface area contributed by atoms with Crippen molar-refractivity contribution >= 4 is 17.4 Å². The van der Waals surface area contributed by atoms with Gasteiger partial charge in [-0.15, -0.1) is 0 Å². The number of pyridine rings is 1. The van der Waals surface area contributed by atoms with Crippen LogP contribution in [0.3, 0.4) is 0 Å². The number of rotatable bonds is 6. The smallest absolute Gasteiger partial charge is 0.288 e. The molecule has 0 unspecified atom stereocenters. The summed E-state index contributed by atoms with van der Waals surface area (Å²) in [6.45, 7) is 0.145. The van der Waals surface area contributed by atoms with Crippen molar-refractivity contribution in [2.45, 2.75) is 6.54 Å². The molecule has 0 saturated heterocycles. The Bertz CT molecular complexity index is 974. The van der Waals surface area contributed by atoms with E-state index in [4.69, 9.17) is 5.73 Å². The maximum absolute atomic E-state index is 14.2. The summed E-state index contributed by atoms with van der Waals surface area (Å²) in [5.74, 6) is -1.22. The number of hydrogen-bond donors (Lipinski definition) is 2. The van der Waals surface area contributed by atoms with Gasteiger partial charge in [-0.3, -0.25) is 14.9 Å². The van der Waals surface area contributed by atoms with Gasteiger partial charge in [0.1, 0.15) is 17.8 Å². The number of hydrogen-bond acceptors (Lipinski definition) is 6. The van der Waals surface area contributed by atoms with Gasteiger partial charge in [0, 0.05) is 25.0 Å². The quantitative estimate of drug-likeness (QED) is 0.513. The van der Waals surface area contributed by atoms with E-state index in [0.29, 0.717) is 11.3 Å². The number of halogens is 1. The molecule has 2 aromatic heterocycles. The van der Waals surface area contributed by atoms with Crippen LogP contribution < -0.4 is 11.1 Å². The lowest BCUT2D eigenvalue weighted by atomic mass is 10.1. The monoisotopic (exact) mass is 356 g/mol. The Morgan fingerprint density at radius 1 is 1.38 bits per heavy atom. The van der Waals surface area contributed by atoms with Gasteiger partial charge in [0.2, 0.25) is 0 Å². The summed E-state index contributed by atoms with van der Waals surface area (Å²) in [5.41, 5.74) is 5.71. The zero-order valence-electron chi connectivity index (χ0n) is 13.3. The van der Waals surface area contributed by atoms with E-state index < -0.39 is 16.6 Å². The molecule has 0 spiro atoms. The number of anilines is 1. The van der Waals surface area contributed by atoms with Crippen molar-refractivity contribution in [1.29, 1.82) is 0 Å². The molecule has 0 aliphatic carbocycles. The van der Waals surface area contributed by atoms with E-state index in [1.165, 1.54) is 17.0 Å². The van der Waals surface area contributed by atoms with Gasteiger partial charge in [0.05, 0.1) is 22.5 Å². The summed E-state index contributed by atoms with van der Waals surface area (Å²) in [5, 5.41) is 13.6. The molecule has 3 rings (SSSR count). The standard InChI is InChI=1S/C16H13FN6O3/c17-13-5-10(1-2-14(13)22-4-3-19-9-22)7-20-16-12(15(18)24)6-11(8-21-16)23(25)26/h1-6,8-9H,7H2,(H2,18,24)(H,20,21). The van der Waals surface area contributed by atoms with Gasteiger partial charge in [-0.2, -0.15) is 0 Å². The molecular weight excluding hydrogens is 343 g/mol. The van der Waals surface area contributed by atoms with Crippen LogP contribution in [0.15, 0.2) is 49.2 Å². The summed E-state index contributed by atoms with van der Waals surface area (Å²) >= 11 is 0. The Morgan fingerprint density at radius 2 is 2.19 bits per heavy atom. The summed E-state index contributed by atoms with van der Waals surface area (Å²) < 4.78 is 15.8. The Kier molecular flexibility index (Phi) is 4.56. The van der Waals surface area contributed by atoms with Crippen molar-refractivity contribution in [1.82, 2.24) is 14.5 Å². The average Bonchev–Trinajstić information content (AvgIpc) is 3.14. The van der Waals surface area contributed by atoms with E-state index in [2.05, 4.69) is 15.3 Å². The molecule has 1 aromatic carbocycles. The number of nitro groups is 1. The number of nitrogens with zero attached hydrogens (tertiary/aromatic N) is 4. The topological polar surface area (TPSA) is 129 Å². The highest BCUT2D eigenvalue weighted by Crippen LogP contribution is 2.20. The maximum atomic E-state index is 14.2. The van der Waals surface area contributed by atoms with E-state index in [9.17, 15) is 19.3 Å². The number of nitrogens with two attached hydrogens (primary N) is 1. The molecular formula is C16H13FN6O3. The molecule has 132 valence electrons. The van der Waals surface area contributed by atoms with Gasteiger partial charge < -0.3 is 15.6 Å². The molecule has 0 saturated carbocycles. The fraction of sp³-hybridized carbons (Fsp3) is 0.0625. The first-order valence-electron chi connectivity index (χ1n) is 7.40. The molecule has 0 bridgehead atoms. The SMILES string of the molecule is NC(=O)c1cc([N+](=O)[O-])cnc1NCc1ccc(-n2ccnc2)c(F)c1. The molecule has 0 atom stereocenters. The second-order valence-corrected chi connectivity index (χ2v) is 5.32. The maximum Gasteiger partial charge on any atom is 0.288 e. The molecule has 0 radical (unpaired) electrons. The first kappa shape index (κ1) is 17.0. The number of imidazole rings is 1. The zero-order chi connectivity index (χ0) is 18.7. The van der Waals surface area contributed by atoms with Crippen LogP contribution >= 0.6 is 0 Å². The van der Waals surface area contributed by atoms with Crippen molar-refractivity contribution in [2.75, 3.05) is 5.32 Å². The van der Waals surface area contributed by atoms with Gasteiger partial charge >= 0.3 is 0 Å². The third-order valence-corrected chi connectivity index (χ3v) is 3.60. The number of amides is 1. The predicted octanol–water partition coefficient (Wildman–Crippen LogP) is 2.03.